The largest absolute Gasteiger partial charge is 0.591 e. The first kappa shape index (κ1) is 12.6. The number of rotatable bonds is 2. The van der Waals surface area contributed by atoms with Crippen molar-refractivity contribution in [3.05, 3.63) is 34.9 Å². The van der Waals surface area contributed by atoms with E-state index in [1.165, 1.54) is 0 Å². The molecule has 0 N–H and O–H groups in total. The van der Waals surface area contributed by atoms with Gasteiger partial charge in [0, 0.05) is 5.02 Å². The Hall–Kier alpha value is -0.510. The molecular weight excluding hydrogens is 230 g/mol. The molecule has 1 aromatic carbocycles. The summed E-state index contributed by atoms with van der Waals surface area (Å²) in [6, 6.07) is 7.24. The molecule has 0 aliphatic carbocycles. The third kappa shape index (κ3) is 4.24. The summed E-state index contributed by atoms with van der Waals surface area (Å²) in [5.41, 5.74) is 0.900. The second kappa shape index (κ2) is 5.01. The van der Waals surface area contributed by atoms with Crippen LogP contribution in [0.15, 0.2) is 28.7 Å². The van der Waals surface area contributed by atoms with E-state index < -0.39 is 11.4 Å². The zero-order valence-electron chi connectivity index (χ0n) is 9.03. The van der Waals surface area contributed by atoms with E-state index in [4.69, 9.17) is 11.6 Å². The summed E-state index contributed by atoms with van der Waals surface area (Å²) in [5.74, 6) is 0. The fraction of sp³-hybridized carbons (Fsp3) is 0.364. The quantitative estimate of drug-likeness (QED) is 0.580. The molecule has 0 aliphatic heterocycles. The van der Waals surface area contributed by atoms with Crippen LogP contribution in [0.3, 0.4) is 0 Å². The maximum Gasteiger partial charge on any atom is 0.144 e. The summed E-state index contributed by atoms with van der Waals surface area (Å²) in [7, 11) is 0. The Bertz CT molecular complexity index is 343. The van der Waals surface area contributed by atoms with Crippen molar-refractivity contribution < 1.29 is 4.55 Å². The molecular formula is C11H14ClNOS. The van der Waals surface area contributed by atoms with Crippen molar-refractivity contribution in [2.75, 3.05) is 0 Å². The minimum absolute atomic E-state index is 0.317. The van der Waals surface area contributed by atoms with E-state index >= 15 is 0 Å². The highest BCUT2D eigenvalue weighted by molar-refractivity contribution is 7.91. The lowest BCUT2D eigenvalue weighted by Crippen LogP contribution is -2.25. The van der Waals surface area contributed by atoms with Gasteiger partial charge in [-0.05, 0) is 38.5 Å². The predicted octanol–water partition coefficient (Wildman–Crippen LogP) is 3.22. The second-order valence-corrected chi connectivity index (χ2v) is 6.52. The lowest BCUT2D eigenvalue weighted by atomic mass is 10.2. The molecule has 0 radical (unpaired) electrons. The van der Waals surface area contributed by atoms with Crippen molar-refractivity contribution in [1.82, 2.24) is 0 Å². The summed E-state index contributed by atoms with van der Waals surface area (Å²) >= 11 is 4.54. The third-order valence-electron chi connectivity index (χ3n) is 1.69. The van der Waals surface area contributed by atoms with Gasteiger partial charge < -0.3 is 4.55 Å². The van der Waals surface area contributed by atoms with E-state index in [9.17, 15) is 4.55 Å². The number of hydrogen-bond donors (Lipinski definition) is 0. The van der Waals surface area contributed by atoms with Crippen LogP contribution in [0.2, 0.25) is 5.02 Å². The molecule has 82 valence electrons. The van der Waals surface area contributed by atoms with Crippen LogP contribution >= 0.6 is 11.6 Å². The van der Waals surface area contributed by atoms with Gasteiger partial charge in [-0.3, -0.25) is 0 Å². The SMILES string of the molecule is CC(C)(C)[S@@+]([O-])N=Cc1ccc(Cl)cc1. The van der Waals surface area contributed by atoms with Gasteiger partial charge in [-0.2, -0.15) is 0 Å². The van der Waals surface area contributed by atoms with Gasteiger partial charge in [0.25, 0.3) is 0 Å². The van der Waals surface area contributed by atoms with E-state index in [1.54, 1.807) is 18.3 Å². The van der Waals surface area contributed by atoms with Gasteiger partial charge >= 0.3 is 0 Å². The van der Waals surface area contributed by atoms with Crippen molar-refractivity contribution in [1.29, 1.82) is 0 Å². The fourth-order valence-electron chi connectivity index (χ4n) is 0.816. The van der Waals surface area contributed by atoms with Crippen molar-refractivity contribution in [3.63, 3.8) is 0 Å². The zero-order chi connectivity index (χ0) is 11.5. The third-order valence-corrected chi connectivity index (χ3v) is 3.29. The molecule has 0 fully saturated rings. The summed E-state index contributed by atoms with van der Waals surface area (Å²) in [5, 5.41) is 0.684. The Balaban J connectivity index is 2.70. The molecule has 0 bridgehead atoms. The van der Waals surface area contributed by atoms with E-state index in [0.29, 0.717) is 5.02 Å². The normalized spacial score (nSPS) is 14.5. The average molecular weight is 244 g/mol. The number of hydrogen-bond acceptors (Lipinski definition) is 2. The monoisotopic (exact) mass is 243 g/mol. The van der Waals surface area contributed by atoms with Gasteiger partial charge in [-0.25, -0.2) is 0 Å². The Labute approximate surface area is 98.7 Å². The smallest absolute Gasteiger partial charge is 0.144 e. The molecule has 15 heavy (non-hydrogen) atoms. The standard InChI is InChI=1S/C11H14ClNOS/c1-11(2,3)15(14)13-8-9-4-6-10(12)7-5-9/h4-8H,1-3H3/t15-/m1/s1. The molecule has 1 aromatic rings. The van der Waals surface area contributed by atoms with Crippen molar-refractivity contribution in [2.24, 2.45) is 4.40 Å². The number of benzene rings is 1. The van der Waals surface area contributed by atoms with Gasteiger partial charge in [-0.15, -0.1) is 0 Å². The lowest BCUT2D eigenvalue weighted by molar-refractivity contribution is 0.562. The molecule has 1 rings (SSSR count). The maximum absolute atomic E-state index is 11.6. The van der Waals surface area contributed by atoms with Crippen LogP contribution in [-0.4, -0.2) is 15.5 Å². The molecule has 0 saturated carbocycles. The highest BCUT2D eigenvalue weighted by Crippen LogP contribution is 2.17. The zero-order valence-corrected chi connectivity index (χ0v) is 10.6. The summed E-state index contributed by atoms with van der Waals surface area (Å²) < 4.78 is 15.3. The second-order valence-electron chi connectivity index (χ2n) is 4.15. The highest BCUT2D eigenvalue weighted by Gasteiger charge is 2.25. The summed E-state index contributed by atoms with van der Waals surface area (Å²) in [6.07, 6.45) is 1.61. The molecule has 0 unspecified atom stereocenters. The predicted molar refractivity (Wildman–Crippen MR) is 66.9 cm³/mol. The molecule has 1 atom stereocenters. The molecule has 0 saturated heterocycles. The molecule has 2 nitrogen and oxygen atoms in total. The van der Waals surface area contributed by atoms with E-state index in [1.807, 2.05) is 32.9 Å². The first-order valence-electron chi connectivity index (χ1n) is 4.61. The first-order chi connectivity index (χ1) is 6.89. The van der Waals surface area contributed by atoms with Crippen LogP contribution in [0.4, 0.5) is 0 Å². The van der Waals surface area contributed by atoms with Crippen LogP contribution in [0.1, 0.15) is 26.3 Å². The molecule has 0 aliphatic rings. The van der Waals surface area contributed by atoms with Gasteiger partial charge in [0.15, 0.2) is 0 Å². The molecule has 4 heteroatoms. The summed E-state index contributed by atoms with van der Waals surface area (Å²) in [6.45, 7) is 5.67. The molecule has 0 spiro atoms. The van der Waals surface area contributed by atoms with Gasteiger partial charge in [-0.1, -0.05) is 28.1 Å². The Morgan fingerprint density at radius 1 is 1.27 bits per heavy atom. The average Bonchev–Trinajstić information content (AvgIpc) is 2.15. The van der Waals surface area contributed by atoms with E-state index in [-0.39, 0.29) is 4.75 Å². The minimum atomic E-state index is -1.21. The Kier molecular flexibility index (Phi) is 4.20. The fourth-order valence-corrected chi connectivity index (χ4v) is 1.48. The van der Waals surface area contributed by atoms with E-state index in [0.717, 1.165) is 5.56 Å². The van der Waals surface area contributed by atoms with Gasteiger partial charge in [0.2, 0.25) is 0 Å². The Morgan fingerprint density at radius 2 is 1.80 bits per heavy atom. The van der Waals surface area contributed by atoms with Crippen LogP contribution in [0, 0.1) is 0 Å². The maximum atomic E-state index is 11.6. The van der Waals surface area contributed by atoms with E-state index in [2.05, 4.69) is 4.40 Å². The van der Waals surface area contributed by atoms with Crippen LogP contribution in [-0.2, 0) is 11.4 Å². The van der Waals surface area contributed by atoms with Crippen LogP contribution in [0.25, 0.3) is 0 Å². The van der Waals surface area contributed by atoms with Crippen molar-refractivity contribution in [3.8, 4) is 0 Å². The first-order valence-corrected chi connectivity index (χ1v) is 6.10. The molecule has 0 amide bonds. The number of nitrogens with zero attached hydrogens (tertiary/aromatic N) is 1. The summed E-state index contributed by atoms with van der Waals surface area (Å²) in [4.78, 5) is 0. The molecule has 0 aromatic heterocycles. The highest BCUT2D eigenvalue weighted by atomic mass is 35.5. The van der Waals surface area contributed by atoms with Gasteiger partial charge in [0.05, 0.1) is 6.21 Å². The van der Waals surface area contributed by atoms with Gasteiger partial charge in [0.1, 0.15) is 16.1 Å². The van der Waals surface area contributed by atoms with Crippen molar-refractivity contribution >= 4 is 29.2 Å². The molecule has 0 heterocycles. The van der Waals surface area contributed by atoms with Crippen molar-refractivity contribution in [2.45, 2.75) is 25.5 Å². The van der Waals surface area contributed by atoms with Crippen LogP contribution < -0.4 is 0 Å². The van der Waals surface area contributed by atoms with Crippen LogP contribution in [0.5, 0.6) is 0 Å². The minimum Gasteiger partial charge on any atom is -0.591 e. The Morgan fingerprint density at radius 3 is 2.27 bits per heavy atom. The lowest BCUT2D eigenvalue weighted by Gasteiger charge is -2.17. The topological polar surface area (TPSA) is 35.4 Å². The number of halogens is 1.